The minimum Gasteiger partial charge on any atom is -0.329 e. The molecule has 1 amide bonds. The molecule has 0 bridgehead atoms. The summed E-state index contributed by atoms with van der Waals surface area (Å²) in [6, 6.07) is 6.06. The maximum Gasteiger partial charge on any atom is 0.471 e. The van der Waals surface area contributed by atoms with Crippen LogP contribution in [-0.2, 0) is 11.3 Å². The van der Waals surface area contributed by atoms with E-state index in [9.17, 15) is 18.0 Å². The van der Waals surface area contributed by atoms with Crippen molar-refractivity contribution < 1.29 is 18.0 Å². The van der Waals surface area contributed by atoms with Crippen molar-refractivity contribution in [3.63, 3.8) is 0 Å². The van der Waals surface area contributed by atoms with E-state index in [4.69, 9.17) is 0 Å². The molecule has 1 aromatic rings. The Labute approximate surface area is 152 Å². The van der Waals surface area contributed by atoms with Crippen molar-refractivity contribution >= 4 is 5.91 Å². The number of hydrogen-bond donors (Lipinski definition) is 0. The lowest BCUT2D eigenvalue weighted by Gasteiger charge is -2.61. The van der Waals surface area contributed by atoms with Crippen LogP contribution in [0.3, 0.4) is 0 Å². The molecule has 3 fully saturated rings. The fraction of sp³-hybridized carbons (Fsp3) is 0.650. The Morgan fingerprint density at radius 2 is 1.85 bits per heavy atom. The second-order valence-corrected chi connectivity index (χ2v) is 8.58. The molecule has 3 aliphatic rings. The van der Waals surface area contributed by atoms with Crippen LogP contribution in [0.15, 0.2) is 18.2 Å². The second-order valence-electron chi connectivity index (χ2n) is 8.58. The molecule has 4 rings (SSSR count). The maximum absolute atomic E-state index is 12.9. The van der Waals surface area contributed by atoms with Crippen LogP contribution in [0.4, 0.5) is 13.2 Å². The van der Waals surface area contributed by atoms with Gasteiger partial charge in [-0.3, -0.25) is 9.69 Å². The van der Waals surface area contributed by atoms with Gasteiger partial charge in [-0.15, -0.1) is 0 Å². The SMILES string of the molecule is Cc1ccc(CN2CC3(CC(N(C(=O)C(F)(F)F)C4CC4)C3)C2)c(C)c1. The predicted octanol–water partition coefficient (Wildman–Crippen LogP) is 3.82. The topological polar surface area (TPSA) is 23.6 Å². The molecule has 0 atom stereocenters. The number of alkyl halides is 3. The largest absolute Gasteiger partial charge is 0.471 e. The van der Waals surface area contributed by atoms with Gasteiger partial charge in [0.05, 0.1) is 0 Å². The highest BCUT2D eigenvalue weighted by Gasteiger charge is 2.58. The summed E-state index contributed by atoms with van der Waals surface area (Å²) in [5.41, 5.74) is 3.98. The third kappa shape index (κ3) is 3.24. The molecule has 1 aliphatic heterocycles. The van der Waals surface area contributed by atoms with Crippen LogP contribution >= 0.6 is 0 Å². The lowest BCUT2D eigenvalue weighted by atomic mass is 9.60. The smallest absolute Gasteiger partial charge is 0.329 e. The van der Waals surface area contributed by atoms with Crippen molar-refractivity contribution in [3.8, 4) is 0 Å². The van der Waals surface area contributed by atoms with Gasteiger partial charge < -0.3 is 4.90 Å². The van der Waals surface area contributed by atoms with Gasteiger partial charge in [-0.1, -0.05) is 23.8 Å². The van der Waals surface area contributed by atoms with E-state index in [2.05, 4.69) is 36.9 Å². The molecule has 26 heavy (non-hydrogen) atoms. The number of hydrogen-bond acceptors (Lipinski definition) is 2. The van der Waals surface area contributed by atoms with E-state index in [-0.39, 0.29) is 17.5 Å². The number of rotatable bonds is 4. The Hall–Kier alpha value is -1.56. The predicted molar refractivity (Wildman–Crippen MR) is 92.6 cm³/mol. The number of halogens is 3. The Morgan fingerprint density at radius 3 is 2.38 bits per heavy atom. The van der Waals surface area contributed by atoms with E-state index < -0.39 is 12.1 Å². The lowest BCUT2D eigenvalue weighted by molar-refractivity contribution is -0.197. The molecule has 1 saturated heterocycles. The monoisotopic (exact) mass is 366 g/mol. The highest BCUT2D eigenvalue weighted by molar-refractivity contribution is 5.83. The summed E-state index contributed by atoms with van der Waals surface area (Å²) in [4.78, 5) is 15.3. The number of carbonyl (C=O) groups is 1. The summed E-state index contributed by atoms with van der Waals surface area (Å²) in [6.07, 6.45) is -1.89. The van der Waals surface area contributed by atoms with Crippen molar-refractivity contribution in [2.75, 3.05) is 13.1 Å². The Bertz CT molecular complexity index is 712. The van der Waals surface area contributed by atoms with Crippen molar-refractivity contribution in [3.05, 3.63) is 34.9 Å². The molecule has 1 aromatic carbocycles. The number of likely N-dealkylation sites (tertiary alicyclic amines) is 1. The van der Waals surface area contributed by atoms with E-state index in [0.717, 1.165) is 24.5 Å². The van der Waals surface area contributed by atoms with E-state index in [1.54, 1.807) is 0 Å². The minimum absolute atomic E-state index is 0.127. The van der Waals surface area contributed by atoms with Crippen molar-refractivity contribution in [2.24, 2.45) is 5.41 Å². The van der Waals surface area contributed by atoms with E-state index in [0.29, 0.717) is 25.7 Å². The quantitative estimate of drug-likeness (QED) is 0.809. The molecule has 0 unspecified atom stereocenters. The molecule has 2 aliphatic carbocycles. The number of benzene rings is 1. The van der Waals surface area contributed by atoms with E-state index >= 15 is 0 Å². The molecule has 2 saturated carbocycles. The first-order valence-electron chi connectivity index (χ1n) is 9.35. The lowest BCUT2D eigenvalue weighted by Crippen LogP contribution is -2.67. The molecule has 142 valence electrons. The van der Waals surface area contributed by atoms with Gasteiger partial charge in [0, 0.05) is 31.7 Å². The molecule has 1 heterocycles. The van der Waals surface area contributed by atoms with Crippen molar-refractivity contribution in [2.45, 2.75) is 64.3 Å². The van der Waals surface area contributed by atoms with E-state index in [1.807, 2.05) is 0 Å². The van der Waals surface area contributed by atoms with Crippen LogP contribution in [0, 0.1) is 19.3 Å². The fourth-order valence-corrected chi connectivity index (χ4v) is 4.80. The first kappa shape index (κ1) is 17.8. The third-order valence-electron chi connectivity index (χ3n) is 6.16. The van der Waals surface area contributed by atoms with Gasteiger partial charge in [-0.05, 0) is 56.1 Å². The standard InChI is InChI=1S/C20H25F3N2O/c1-13-3-4-15(14(2)7-13)10-24-11-19(12-24)8-17(9-19)25(16-5-6-16)18(26)20(21,22)23/h3-4,7,16-17H,5-6,8-12H2,1-2H3. The van der Waals surface area contributed by atoms with Gasteiger partial charge in [-0.25, -0.2) is 0 Å². The molecular weight excluding hydrogens is 341 g/mol. The zero-order chi connectivity index (χ0) is 18.7. The number of aryl methyl sites for hydroxylation is 2. The Balaban J connectivity index is 1.32. The van der Waals surface area contributed by atoms with Crippen LogP contribution in [-0.4, -0.2) is 47.1 Å². The summed E-state index contributed by atoms with van der Waals surface area (Å²) in [6.45, 7) is 6.95. The molecule has 3 nitrogen and oxygen atoms in total. The zero-order valence-electron chi connectivity index (χ0n) is 15.3. The third-order valence-corrected chi connectivity index (χ3v) is 6.16. The maximum atomic E-state index is 12.9. The van der Waals surface area contributed by atoms with Crippen molar-refractivity contribution in [1.82, 2.24) is 9.80 Å². The molecule has 0 radical (unpaired) electrons. The zero-order valence-corrected chi connectivity index (χ0v) is 15.3. The van der Waals surface area contributed by atoms with Crippen LogP contribution in [0.2, 0.25) is 0 Å². The van der Waals surface area contributed by atoms with Crippen LogP contribution in [0.5, 0.6) is 0 Å². The van der Waals surface area contributed by atoms with Gasteiger partial charge in [0.2, 0.25) is 0 Å². The highest BCUT2D eigenvalue weighted by Crippen LogP contribution is 2.52. The average molecular weight is 366 g/mol. The summed E-state index contributed by atoms with van der Waals surface area (Å²) in [5, 5.41) is 0. The summed E-state index contributed by atoms with van der Waals surface area (Å²) < 4.78 is 38.6. The Morgan fingerprint density at radius 1 is 1.19 bits per heavy atom. The molecule has 1 spiro atoms. The fourth-order valence-electron chi connectivity index (χ4n) is 4.80. The van der Waals surface area contributed by atoms with Gasteiger partial charge in [0.1, 0.15) is 0 Å². The average Bonchev–Trinajstić information content (AvgIpc) is 3.28. The van der Waals surface area contributed by atoms with E-state index in [1.165, 1.54) is 16.7 Å². The first-order valence-corrected chi connectivity index (χ1v) is 9.35. The summed E-state index contributed by atoms with van der Waals surface area (Å²) >= 11 is 0. The second kappa shape index (κ2) is 5.98. The van der Waals surface area contributed by atoms with Crippen LogP contribution < -0.4 is 0 Å². The van der Waals surface area contributed by atoms with Crippen LogP contribution in [0.25, 0.3) is 0 Å². The molecule has 0 aromatic heterocycles. The van der Waals surface area contributed by atoms with Gasteiger partial charge in [-0.2, -0.15) is 13.2 Å². The normalized spacial score (nSPS) is 22.8. The molecular formula is C20H25F3N2O. The molecule has 0 N–H and O–H groups in total. The first-order chi connectivity index (χ1) is 12.2. The van der Waals surface area contributed by atoms with Crippen LogP contribution in [0.1, 0.15) is 42.4 Å². The molecule has 6 heteroatoms. The van der Waals surface area contributed by atoms with Gasteiger partial charge in [0.25, 0.3) is 0 Å². The van der Waals surface area contributed by atoms with Crippen molar-refractivity contribution in [1.29, 1.82) is 0 Å². The van der Waals surface area contributed by atoms with Gasteiger partial charge >= 0.3 is 12.1 Å². The highest BCUT2D eigenvalue weighted by atomic mass is 19.4. The Kier molecular flexibility index (Phi) is 4.10. The number of amides is 1. The number of carbonyl (C=O) groups excluding carboxylic acids is 1. The van der Waals surface area contributed by atoms with Gasteiger partial charge in [0.15, 0.2) is 0 Å². The summed E-state index contributed by atoms with van der Waals surface area (Å²) in [5.74, 6) is -1.63. The minimum atomic E-state index is -4.75. The summed E-state index contributed by atoms with van der Waals surface area (Å²) in [7, 11) is 0. The number of nitrogens with zero attached hydrogens (tertiary/aromatic N) is 2.